The molecule has 0 heterocycles. The van der Waals surface area contributed by atoms with Crippen molar-refractivity contribution in [2.24, 2.45) is 11.3 Å². The van der Waals surface area contributed by atoms with Crippen molar-refractivity contribution in [2.75, 3.05) is 20.7 Å². The van der Waals surface area contributed by atoms with Gasteiger partial charge in [-0.25, -0.2) is 5.01 Å². The van der Waals surface area contributed by atoms with Crippen LogP contribution in [0.25, 0.3) is 0 Å². The number of likely N-dealkylation sites (N-methyl/N-ethyl adjacent to an activating group) is 1. The third-order valence-corrected chi connectivity index (χ3v) is 1.70. The molecule has 0 radical (unpaired) electrons. The first-order valence-corrected chi connectivity index (χ1v) is 3.86. The summed E-state index contributed by atoms with van der Waals surface area (Å²) in [4.78, 5) is 0. The minimum absolute atomic E-state index is 0.155. The smallest absolute Gasteiger partial charge is 0.0760 e. The molecular formula is C8H20N2O. The van der Waals surface area contributed by atoms with Gasteiger partial charge < -0.3 is 4.74 Å². The summed E-state index contributed by atoms with van der Waals surface area (Å²) < 4.78 is 5.30. The Labute approximate surface area is 69.5 Å². The molecule has 11 heavy (non-hydrogen) atoms. The van der Waals surface area contributed by atoms with E-state index >= 15 is 0 Å². The molecule has 0 aliphatic heterocycles. The summed E-state index contributed by atoms with van der Waals surface area (Å²) in [6.07, 6.45) is 0.192. The normalized spacial score (nSPS) is 15.5. The van der Waals surface area contributed by atoms with Crippen LogP contribution >= 0.6 is 0 Å². The molecule has 0 aromatic rings. The largest absolute Gasteiger partial charge is 0.380 e. The van der Waals surface area contributed by atoms with Crippen LogP contribution < -0.4 is 5.84 Å². The first-order valence-electron chi connectivity index (χ1n) is 3.86. The molecule has 0 bridgehead atoms. The Morgan fingerprint density at radius 3 is 2.00 bits per heavy atom. The summed E-state index contributed by atoms with van der Waals surface area (Å²) in [5, 5.41) is 1.65. The number of rotatable bonds is 3. The van der Waals surface area contributed by atoms with Crippen molar-refractivity contribution >= 4 is 0 Å². The Bertz CT molecular complexity index is 107. The summed E-state index contributed by atoms with van der Waals surface area (Å²) in [5.74, 6) is 5.52. The highest BCUT2D eigenvalue weighted by Crippen LogP contribution is 2.21. The third kappa shape index (κ3) is 4.35. The predicted molar refractivity (Wildman–Crippen MR) is 47.1 cm³/mol. The Morgan fingerprint density at radius 1 is 1.45 bits per heavy atom. The minimum Gasteiger partial charge on any atom is -0.380 e. The Hall–Kier alpha value is -0.120. The zero-order valence-corrected chi connectivity index (χ0v) is 8.22. The number of ether oxygens (including phenoxy) is 1. The highest BCUT2D eigenvalue weighted by atomic mass is 16.5. The lowest BCUT2D eigenvalue weighted by molar-refractivity contribution is -0.00413. The number of methoxy groups -OCH3 is 1. The maximum Gasteiger partial charge on any atom is 0.0760 e. The molecule has 0 aliphatic carbocycles. The van der Waals surface area contributed by atoms with Crippen molar-refractivity contribution < 1.29 is 4.74 Å². The van der Waals surface area contributed by atoms with Gasteiger partial charge in [-0.1, -0.05) is 20.8 Å². The SMILES string of the molecule is COC(CN(C)N)C(C)(C)C. The first-order chi connectivity index (χ1) is 4.88. The van der Waals surface area contributed by atoms with Crippen LogP contribution in [0.4, 0.5) is 0 Å². The van der Waals surface area contributed by atoms with Crippen LogP contribution in [0.3, 0.4) is 0 Å². The van der Waals surface area contributed by atoms with E-state index < -0.39 is 0 Å². The van der Waals surface area contributed by atoms with Gasteiger partial charge in [0.15, 0.2) is 0 Å². The lowest BCUT2D eigenvalue weighted by atomic mass is 9.89. The second-order valence-electron chi connectivity index (χ2n) is 4.03. The van der Waals surface area contributed by atoms with Gasteiger partial charge in [0.1, 0.15) is 0 Å². The van der Waals surface area contributed by atoms with E-state index in [0.29, 0.717) is 0 Å². The van der Waals surface area contributed by atoms with E-state index in [1.807, 2.05) is 7.05 Å². The molecule has 0 amide bonds. The van der Waals surface area contributed by atoms with Crippen molar-refractivity contribution in [1.82, 2.24) is 5.01 Å². The van der Waals surface area contributed by atoms with Gasteiger partial charge in [-0.2, -0.15) is 0 Å². The van der Waals surface area contributed by atoms with E-state index in [4.69, 9.17) is 10.6 Å². The molecule has 0 aromatic carbocycles. The van der Waals surface area contributed by atoms with E-state index in [0.717, 1.165) is 6.54 Å². The average Bonchev–Trinajstić information content (AvgIpc) is 1.79. The van der Waals surface area contributed by atoms with Gasteiger partial charge >= 0.3 is 0 Å². The third-order valence-electron chi connectivity index (χ3n) is 1.70. The van der Waals surface area contributed by atoms with Crippen LogP contribution in [0, 0.1) is 5.41 Å². The summed E-state index contributed by atoms with van der Waals surface area (Å²) in [7, 11) is 3.57. The van der Waals surface area contributed by atoms with Crippen LogP contribution in [0.2, 0.25) is 0 Å². The molecule has 0 rings (SSSR count). The zero-order chi connectivity index (χ0) is 9.07. The summed E-state index contributed by atoms with van der Waals surface area (Å²) >= 11 is 0. The van der Waals surface area contributed by atoms with E-state index in [-0.39, 0.29) is 11.5 Å². The van der Waals surface area contributed by atoms with E-state index in [9.17, 15) is 0 Å². The minimum atomic E-state index is 0.155. The van der Waals surface area contributed by atoms with Gasteiger partial charge in [0.2, 0.25) is 0 Å². The number of nitrogens with zero attached hydrogens (tertiary/aromatic N) is 1. The van der Waals surface area contributed by atoms with Crippen LogP contribution in [0.15, 0.2) is 0 Å². The molecule has 68 valence electrons. The van der Waals surface area contributed by atoms with Gasteiger partial charge in [0, 0.05) is 20.7 Å². The Morgan fingerprint density at radius 2 is 1.91 bits per heavy atom. The van der Waals surface area contributed by atoms with Crippen molar-refractivity contribution in [1.29, 1.82) is 0 Å². The highest BCUT2D eigenvalue weighted by Gasteiger charge is 2.24. The molecular weight excluding hydrogens is 140 g/mol. The number of hydrogen-bond donors (Lipinski definition) is 1. The molecule has 0 fully saturated rings. The topological polar surface area (TPSA) is 38.5 Å². The molecule has 0 aromatic heterocycles. The fourth-order valence-corrected chi connectivity index (χ4v) is 0.964. The predicted octanol–water partition coefficient (Wildman–Crippen LogP) is 0.853. The first kappa shape index (κ1) is 10.9. The van der Waals surface area contributed by atoms with Gasteiger partial charge in [-0.05, 0) is 5.41 Å². The van der Waals surface area contributed by atoms with Gasteiger partial charge in [-0.3, -0.25) is 5.84 Å². The molecule has 0 spiro atoms. The maximum absolute atomic E-state index is 5.52. The van der Waals surface area contributed by atoms with Gasteiger partial charge in [0.25, 0.3) is 0 Å². The van der Waals surface area contributed by atoms with E-state index in [2.05, 4.69) is 20.8 Å². The lowest BCUT2D eigenvalue weighted by Gasteiger charge is -2.31. The molecule has 0 saturated heterocycles. The fraction of sp³-hybridized carbons (Fsp3) is 1.00. The second-order valence-corrected chi connectivity index (χ2v) is 4.03. The zero-order valence-electron chi connectivity index (χ0n) is 8.22. The molecule has 3 heteroatoms. The highest BCUT2D eigenvalue weighted by molar-refractivity contribution is 4.75. The Kier molecular flexibility index (Phi) is 4.00. The Balaban J connectivity index is 3.96. The van der Waals surface area contributed by atoms with Crippen LogP contribution in [-0.2, 0) is 4.74 Å². The molecule has 1 unspecified atom stereocenters. The molecule has 0 saturated carbocycles. The van der Waals surface area contributed by atoms with Crippen LogP contribution in [-0.4, -0.2) is 31.8 Å². The second kappa shape index (κ2) is 4.04. The number of nitrogens with two attached hydrogens (primary N) is 1. The standard InChI is InChI=1S/C8H20N2O/c1-8(2,3)7(11-5)6-10(4)9/h7H,6,9H2,1-5H3. The average molecular weight is 160 g/mol. The molecule has 1 atom stereocenters. The lowest BCUT2D eigenvalue weighted by Crippen LogP contribution is -2.41. The monoisotopic (exact) mass is 160 g/mol. The van der Waals surface area contributed by atoms with Gasteiger partial charge in [-0.15, -0.1) is 0 Å². The van der Waals surface area contributed by atoms with Crippen LogP contribution in [0.5, 0.6) is 0 Å². The quantitative estimate of drug-likeness (QED) is 0.491. The van der Waals surface area contributed by atoms with Crippen molar-refractivity contribution in [2.45, 2.75) is 26.9 Å². The summed E-state index contributed by atoms with van der Waals surface area (Å²) in [5.41, 5.74) is 0.155. The van der Waals surface area contributed by atoms with Crippen molar-refractivity contribution in [3.8, 4) is 0 Å². The molecule has 2 N–H and O–H groups in total. The van der Waals surface area contributed by atoms with E-state index in [1.165, 1.54) is 0 Å². The fourth-order valence-electron chi connectivity index (χ4n) is 0.964. The number of hydrogen-bond acceptors (Lipinski definition) is 3. The van der Waals surface area contributed by atoms with Gasteiger partial charge in [0.05, 0.1) is 6.10 Å². The summed E-state index contributed by atoms with van der Waals surface area (Å²) in [6, 6.07) is 0. The van der Waals surface area contributed by atoms with Crippen LogP contribution in [0.1, 0.15) is 20.8 Å². The van der Waals surface area contributed by atoms with E-state index in [1.54, 1.807) is 12.1 Å². The molecule has 3 nitrogen and oxygen atoms in total. The maximum atomic E-state index is 5.52. The summed E-state index contributed by atoms with van der Waals surface area (Å²) in [6.45, 7) is 7.19. The number of hydrazine groups is 1. The molecule has 0 aliphatic rings. The van der Waals surface area contributed by atoms with Crippen molar-refractivity contribution in [3.63, 3.8) is 0 Å². The van der Waals surface area contributed by atoms with Crippen molar-refractivity contribution in [3.05, 3.63) is 0 Å².